The van der Waals surface area contributed by atoms with Crippen LogP contribution in [-0.2, 0) is 9.22 Å². The third-order valence-corrected chi connectivity index (χ3v) is 11.1. The van der Waals surface area contributed by atoms with Crippen LogP contribution in [0.5, 0.6) is 0 Å². The maximum Gasteiger partial charge on any atom is 0.331 e. The highest BCUT2D eigenvalue weighted by atomic mass is 28.4. The van der Waals surface area contributed by atoms with Crippen LogP contribution < -0.4 is 0 Å². The largest absolute Gasteiger partial charge is 0.479 e. The summed E-state index contributed by atoms with van der Waals surface area (Å²) in [6, 6.07) is 19.6. The van der Waals surface area contributed by atoms with E-state index in [1.807, 2.05) is 79.7 Å². The van der Waals surface area contributed by atoms with Crippen LogP contribution in [-0.4, -0.2) is 37.3 Å². The van der Waals surface area contributed by atoms with E-state index in [-0.39, 0.29) is 5.04 Å². The lowest BCUT2D eigenvalue weighted by molar-refractivity contribution is -0.143. The minimum Gasteiger partial charge on any atom is -0.479 e. The molecule has 0 aliphatic heterocycles. The van der Waals surface area contributed by atoms with Crippen molar-refractivity contribution < 1.29 is 14.3 Å². The molecule has 2 aromatic rings. The Morgan fingerprint density at radius 3 is 1.94 bits per heavy atom. The number of carbonyl (C=O) groups is 1. The second kappa shape index (κ2) is 11.6. The van der Waals surface area contributed by atoms with Crippen molar-refractivity contribution in [3.8, 4) is 0 Å². The average molecular weight is 466 g/mol. The van der Waals surface area contributed by atoms with Crippen molar-refractivity contribution in [2.24, 2.45) is 4.99 Å². The molecule has 33 heavy (non-hydrogen) atoms. The normalized spacial score (nSPS) is 14.1. The SMILES string of the molecule is CC=CCC(CCCO[Si](C)(C)C(C)(C)C)(N=C(c1ccccc1)c1ccccc1)C(=O)O. The summed E-state index contributed by atoms with van der Waals surface area (Å²) in [6.07, 6.45) is 5.17. The summed E-state index contributed by atoms with van der Waals surface area (Å²) in [5.74, 6) is -0.905. The second-order valence-corrected chi connectivity index (χ2v) is 14.8. The van der Waals surface area contributed by atoms with Crippen LogP contribution in [0.15, 0.2) is 77.8 Å². The van der Waals surface area contributed by atoms with Gasteiger partial charge in [0, 0.05) is 24.2 Å². The Kier molecular flexibility index (Phi) is 9.38. The van der Waals surface area contributed by atoms with Gasteiger partial charge < -0.3 is 9.53 Å². The van der Waals surface area contributed by atoms with Gasteiger partial charge in [-0.1, -0.05) is 93.6 Å². The van der Waals surface area contributed by atoms with Crippen LogP contribution in [0.25, 0.3) is 0 Å². The molecule has 0 spiro atoms. The van der Waals surface area contributed by atoms with Crippen molar-refractivity contribution >= 4 is 20.0 Å². The number of aliphatic carboxylic acids is 1. The van der Waals surface area contributed by atoms with Gasteiger partial charge in [-0.25, -0.2) is 4.79 Å². The first kappa shape index (κ1) is 26.7. The number of hydrogen-bond acceptors (Lipinski definition) is 3. The molecule has 178 valence electrons. The zero-order valence-electron chi connectivity index (χ0n) is 21.0. The number of carboxylic acids is 1. The van der Waals surface area contributed by atoms with Crippen molar-refractivity contribution in [2.75, 3.05) is 6.61 Å². The Morgan fingerprint density at radius 2 is 1.52 bits per heavy atom. The maximum atomic E-state index is 12.7. The van der Waals surface area contributed by atoms with Gasteiger partial charge in [-0.15, -0.1) is 0 Å². The number of hydrogen-bond donors (Lipinski definition) is 1. The molecule has 0 radical (unpaired) electrons. The van der Waals surface area contributed by atoms with Crippen molar-refractivity contribution in [1.29, 1.82) is 0 Å². The summed E-state index contributed by atoms with van der Waals surface area (Å²) < 4.78 is 6.33. The summed E-state index contributed by atoms with van der Waals surface area (Å²) in [6.45, 7) is 13.5. The summed E-state index contributed by atoms with van der Waals surface area (Å²) in [7, 11) is -1.89. The summed E-state index contributed by atoms with van der Waals surface area (Å²) >= 11 is 0. The molecule has 4 nitrogen and oxygen atoms in total. The van der Waals surface area contributed by atoms with E-state index >= 15 is 0 Å². The number of benzene rings is 2. The number of allylic oxidation sites excluding steroid dienone is 1. The van der Waals surface area contributed by atoms with E-state index in [0.717, 1.165) is 11.1 Å². The summed E-state index contributed by atoms with van der Waals surface area (Å²) in [5.41, 5.74) is 1.26. The molecule has 1 N–H and O–H groups in total. The molecule has 0 heterocycles. The third-order valence-electron chi connectivity index (χ3n) is 6.51. The van der Waals surface area contributed by atoms with E-state index in [0.29, 0.717) is 31.6 Å². The Morgan fingerprint density at radius 1 is 1.00 bits per heavy atom. The lowest BCUT2D eigenvalue weighted by Gasteiger charge is -2.36. The van der Waals surface area contributed by atoms with Crippen LogP contribution in [0, 0.1) is 0 Å². The van der Waals surface area contributed by atoms with E-state index in [9.17, 15) is 9.90 Å². The highest BCUT2D eigenvalue weighted by molar-refractivity contribution is 6.74. The highest BCUT2D eigenvalue weighted by Gasteiger charge is 2.39. The molecule has 0 aromatic heterocycles. The lowest BCUT2D eigenvalue weighted by atomic mass is 9.88. The van der Waals surface area contributed by atoms with Crippen LogP contribution in [0.3, 0.4) is 0 Å². The first-order valence-electron chi connectivity index (χ1n) is 11.7. The lowest BCUT2D eigenvalue weighted by Crippen LogP contribution is -2.42. The van der Waals surface area contributed by atoms with Crippen LogP contribution in [0.1, 0.15) is 58.1 Å². The van der Waals surface area contributed by atoms with Gasteiger partial charge in [0.05, 0.1) is 5.71 Å². The van der Waals surface area contributed by atoms with Gasteiger partial charge in [0.2, 0.25) is 0 Å². The fourth-order valence-electron chi connectivity index (χ4n) is 3.37. The Bertz CT molecular complexity index is 905. The number of aliphatic imine (C=N–C) groups is 1. The average Bonchev–Trinajstić information content (AvgIpc) is 2.78. The topological polar surface area (TPSA) is 58.9 Å². The minimum absolute atomic E-state index is 0.119. The van der Waals surface area contributed by atoms with Gasteiger partial charge in [0.1, 0.15) is 0 Å². The fourth-order valence-corrected chi connectivity index (χ4v) is 4.46. The first-order chi connectivity index (χ1) is 15.5. The minimum atomic E-state index is -1.89. The Hall–Kier alpha value is -2.50. The molecule has 1 unspecified atom stereocenters. The monoisotopic (exact) mass is 465 g/mol. The molecule has 5 heteroatoms. The van der Waals surface area contributed by atoms with Crippen molar-refractivity contribution in [2.45, 2.75) is 70.6 Å². The van der Waals surface area contributed by atoms with Crippen molar-refractivity contribution in [3.05, 3.63) is 83.9 Å². The predicted octanol–water partition coefficient (Wildman–Crippen LogP) is 7.12. The fraction of sp³-hybridized carbons (Fsp3) is 0.429. The zero-order chi connectivity index (χ0) is 24.5. The van der Waals surface area contributed by atoms with Crippen molar-refractivity contribution in [3.63, 3.8) is 0 Å². The van der Waals surface area contributed by atoms with E-state index in [2.05, 4.69) is 33.9 Å². The molecule has 0 saturated carbocycles. The summed E-state index contributed by atoms with van der Waals surface area (Å²) in [4.78, 5) is 17.7. The summed E-state index contributed by atoms with van der Waals surface area (Å²) in [5, 5.41) is 10.5. The van der Waals surface area contributed by atoms with Crippen molar-refractivity contribution in [1.82, 2.24) is 0 Å². The third kappa shape index (κ3) is 7.24. The van der Waals surface area contributed by atoms with Crippen LogP contribution in [0.4, 0.5) is 0 Å². The molecule has 0 aliphatic rings. The number of carboxylic acid groups (broad SMARTS) is 1. The molecule has 1 atom stereocenters. The number of nitrogens with zero attached hydrogens (tertiary/aromatic N) is 1. The van der Waals surface area contributed by atoms with E-state index in [1.54, 1.807) is 0 Å². The molecule has 0 saturated heterocycles. The number of rotatable bonds is 11. The maximum absolute atomic E-state index is 12.7. The Balaban J connectivity index is 2.43. The molecule has 0 bridgehead atoms. The first-order valence-corrected chi connectivity index (χ1v) is 14.6. The van der Waals surface area contributed by atoms with Crippen LogP contribution in [0.2, 0.25) is 18.1 Å². The van der Waals surface area contributed by atoms with E-state index in [1.165, 1.54) is 0 Å². The molecule has 0 aliphatic carbocycles. The van der Waals surface area contributed by atoms with E-state index < -0.39 is 19.8 Å². The van der Waals surface area contributed by atoms with Gasteiger partial charge in [-0.05, 0) is 37.9 Å². The van der Waals surface area contributed by atoms with E-state index in [4.69, 9.17) is 9.42 Å². The standard InChI is InChI=1S/C28H39NO3Si/c1-7-8-20-28(26(30)31,21-15-22-32-33(5,6)27(2,3)4)29-25(23-16-11-9-12-17-23)24-18-13-10-14-19-24/h7-14,16-19H,15,20-22H2,1-6H3,(H,30,31). The Labute approximate surface area is 200 Å². The molecule has 2 rings (SSSR count). The molecule has 0 amide bonds. The van der Waals surface area contributed by atoms with Gasteiger partial charge in [-0.2, -0.15) is 0 Å². The predicted molar refractivity (Wildman–Crippen MR) is 141 cm³/mol. The smallest absolute Gasteiger partial charge is 0.331 e. The van der Waals surface area contributed by atoms with Gasteiger partial charge in [0.25, 0.3) is 0 Å². The molecule has 2 aromatic carbocycles. The van der Waals surface area contributed by atoms with Gasteiger partial charge in [-0.3, -0.25) is 4.99 Å². The van der Waals surface area contributed by atoms with Gasteiger partial charge >= 0.3 is 5.97 Å². The van der Waals surface area contributed by atoms with Gasteiger partial charge in [0.15, 0.2) is 13.9 Å². The second-order valence-electron chi connectivity index (χ2n) is 10.0. The zero-order valence-corrected chi connectivity index (χ0v) is 22.0. The van der Waals surface area contributed by atoms with Crippen LogP contribution >= 0.6 is 0 Å². The quantitative estimate of drug-likeness (QED) is 0.166. The molecule has 0 fully saturated rings. The molecular weight excluding hydrogens is 426 g/mol. The molecular formula is C28H39NO3Si. The highest BCUT2D eigenvalue weighted by Crippen LogP contribution is 2.37.